The number of carbonyl (C=O) groups excluding carboxylic acids is 1. The fourth-order valence-corrected chi connectivity index (χ4v) is 7.10. The molecule has 0 amide bonds. The molecule has 17 heteroatoms. The highest BCUT2D eigenvalue weighted by atomic mass is 31.2. The molecule has 1 fully saturated rings. The number of terminal acetylenes is 1. The third kappa shape index (κ3) is 10.1. The number of imidazole rings is 1. The molecule has 1 aliphatic heterocycles. The number of esters is 1. The van der Waals surface area contributed by atoms with Crippen LogP contribution in [0.25, 0.3) is 11.2 Å². The lowest BCUT2D eigenvalue weighted by molar-refractivity contribution is -0.152. The van der Waals surface area contributed by atoms with Gasteiger partial charge >= 0.3 is 25.8 Å². The van der Waals surface area contributed by atoms with Gasteiger partial charge in [-0.1, -0.05) is 81.7 Å². The number of nitrogens with one attached hydrogen (secondary N) is 1. The van der Waals surface area contributed by atoms with E-state index in [1.165, 1.54) is 24.2 Å². The Balaban J connectivity index is 1.49. The van der Waals surface area contributed by atoms with Crippen LogP contribution in [0.4, 0.5) is 10.2 Å². The fourth-order valence-electron chi connectivity index (χ4n) is 5.45. The number of carboxylic acids is 1. The number of aliphatic hydroxyl groups excluding tert-OH is 1. The summed E-state index contributed by atoms with van der Waals surface area (Å²) in [4.78, 5) is 36.4. The van der Waals surface area contributed by atoms with Crippen molar-refractivity contribution in [1.29, 1.82) is 0 Å². The van der Waals surface area contributed by atoms with Gasteiger partial charge in [-0.3, -0.25) is 18.4 Å². The van der Waals surface area contributed by atoms with E-state index >= 15 is 0 Å². The topological polar surface area (TPSA) is 210 Å². The Bertz CT molecular complexity index is 1690. The number of nitrogen functional groups attached to an aromatic ring is 1. The van der Waals surface area contributed by atoms with Gasteiger partial charge in [0, 0.05) is 6.42 Å². The van der Waals surface area contributed by atoms with Gasteiger partial charge in [0.2, 0.25) is 0 Å². The monoisotopic (exact) mass is 718 g/mol. The van der Waals surface area contributed by atoms with E-state index in [0.717, 1.165) is 32.1 Å². The highest BCUT2D eigenvalue weighted by Crippen LogP contribution is 2.49. The number of hydrogen-bond donors (Lipinski definition) is 4. The number of aliphatic carboxylic acids is 1. The Kier molecular flexibility index (Phi) is 13.8. The number of nitrogens with zero attached hydrogens (tertiary/aromatic N) is 4. The number of carboxylic acid groups (broad SMARTS) is 1. The Labute approximate surface area is 289 Å². The third-order valence-corrected chi connectivity index (χ3v) is 9.94. The lowest BCUT2D eigenvalue weighted by Gasteiger charge is -2.30. The van der Waals surface area contributed by atoms with Crippen LogP contribution in [0, 0.1) is 18.4 Å². The molecule has 5 N–H and O–H groups in total. The van der Waals surface area contributed by atoms with Gasteiger partial charge in [0.05, 0.1) is 12.9 Å². The van der Waals surface area contributed by atoms with Crippen molar-refractivity contribution in [3.05, 3.63) is 48.3 Å². The summed E-state index contributed by atoms with van der Waals surface area (Å²) in [5, 5.41) is 23.5. The number of ether oxygens (including phenoxy) is 2. The molecule has 3 heterocycles. The first kappa shape index (κ1) is 38.8. The molecule has 1 aliphatic rings. The molecule has 1 saturated heterocycles. The Morgan fingerprint density at radius 1 is 1.22 bits per heavy atom. The molecule has 1 aromatic carbocycles. The summed E-state index contributed by atoms with van der Waals surface area (Å²) in [6.07, 6.45) is 8.83. The number of halogens is 1. The summed E-state index contributed by atoms with van der Waals surface area (Å²) in [5.74, 6) is -0.0815. The van der Waals surface area contributed by atoms with E-state index in [1.54, 1.807) is 30.3 Å². The van der Waals surface area contributed by atoms with Crippen LogP contribution in [-0.4, -0.2) is 78.7 Å². The zero-order chi connectivity index (χ0) is 36.3. The molecule has 4 rings (SSSR count). The zero-order valence-corrected chi connectivity index (χ0v) is 29.0. The number of carbonyl (C=O) groups is 2. The second-order valence-electron chi connectivity index (χ2n) is 12.1. The quantitative estimate of drug-likeness (QED) is 0.0422. The molecular formula is C33H44FN6O9P. The van der Waals surface area contributed by atoms with Gasteiger partial charge in [-0.25, -0.2) is 19.4 Å². The van der Waals surface area contributed by atoms with E-state index in [0.29, 0.717) is 12.0 Å². The van der Waals surface area contributed by atoms with Crippen LogP contribution in [-0.2, 0) is 39.1 Å². The van der Waals surface area contributed by atoms with Crippen molar-refractivity contribution in [3.8, 4) is 12.3 Å². The van der Waals surface area contributed by atoms with E-state index in [-0.39, 0.29) is 36.4 Å². The molecule has 0 bridgehead atoms. The first-order chi connectivity index (χ1) is 23.9. The van der Waals surface area contributed by atoms with Gasteiger partial charge in [0.15, 0.2) is 28.7 Å². The second-order valence-corrected chi connectivity index (χ2v) is 13.8. The zero-order valence-electron chi connectivity index (χ0n) is 28.1. The SMILES string of the molecule is C#C[C@]1(CO[P@](=O)(N[C@@H](Cc2ccccc2)C(=O)O)O[C@@H](C)C(=O)OCCCCCCCCC)O[C@@H](n2cnc3c(N)nc(F)nc32)C[C@@H]1O. The summed E-state index contributed by atoms with van der Waals surface area (Å²) >= 11 is 0. The summed E-state index contributed by atoms with van der Waals surface area (Å²) in [6, 6.07) is 7.07. The number of benzene rings is 1. The van der Waals surface area contributed by atoms with Crippen LogP contribution in [0.3, 0.4) is 0 Å². The predicted octanol–water partition coefficient (Wildman–Crippen LogP) is 4.31. The number of fused-ring (bicyclic) bond motifs is 1. The minimum atomic E-state index is -4.73. The maximum Gasteiger partial charge on any atom is 0.407 e. The molecule has 0 aliphatic carbocycles. The number of aromatic nitrogens is 4. The minimum Gasteiger partial charge on any atom is -0.480 e. The van der Waals surface area contributed by atoms with E-state index in [2.05, 4.69) is 32.9 Å². The molecular weight excluding hydrogens is 674 g/mol. The minimum absolute atomic E-state index is 0.0225. The first-order valence-corrected chi connectivity index (χ1v) is 18.1. The van der Waals surface area contributed by atoms with Gasteiger partial charge in [0.25, 0.3) is 0 Å². The van der Waals surface area contributed by atoms with E-state index in [1.807, 2.05) is 0 Å². The second kappa shape index (κ2) is 17.8. The van der Waals surface area contributed by atoms with E-state index < -0.39 is 62.4 Å². The lowest BCUT2D eigenvalue weighted by atomic mass is 9.99. The Morgan fingerprint density at radius 2 is 1.92 bits per heavy atom. The van der Waals surface area contributed by atoms with Crippen LogP contribution >= 0.6 is 7.75 Å². The maximum atomic E-state index is 14.3. The number of rotatable bonds is 20. The van der Waals surface area contributed by atoms with Crippen LogP contribution in [0.5, 0.6) is 0 Å². The van der Waals surface area contributed by atoms with Gasteiger partial charge < -0.3 is 25.4 Å². The number of hydrogen-bond acceptors (Lipinski definition) is 12. The number of nitrogens with two attached hydrogens (primary N) is 1. The van der Waals surface area contributed by atoms with Crippen molar-refractivity contribution >= 4 is 36.7 Å². The van der Waals surface area contributed by atoms with Crippen LogP contribution in [0.1, 0.15) is 77.0 Å². The van der Waals surface area contributed by atoms with E-state index in [4.69, 9.17) is 30.7 Å². The summed E-state index contributed by atoms with van der Waals surface area (Å²) in [5.41, 5.74) is 4.48. The standard InChI is InChI=1S/C33H44FN6O9P/c1-4-6-7-8-9-10-14-17-46-31(44)22(3)49-50(45,39-24(30(42)43)18-23-15-12-11-13-16-23)47-20-33(5-2)25(41)19-26(48-33)40-21-36-27-28(35)37-32(34)38-29(27)40/h2,11-13,15-16,21-22,24-26,41H,4,6-10,14,17-20H2,1,3H3,(H,39,45)(H,42,43)(H2,35,37,38)/t22-,24-,25-,26+,33+,50+/m0/s1. The van der Waals surface area contributed by atoms with Crippen molar-refractivity contribution in [3.63, 3.8) is 0 Å². The molecule has 2 aromatic heterocycles. The van der Waals surface area contributed by atoms with Crippen LogP contribution in [0.2, 0.25) is 0 Å². The van der Waals surface area contributed by atoms with Gasteiger partial charge in [-0.2, -0.15) is 14.4 Å². The number of anilines is 1. The van der Waals surface area contributed by atoms with Crippen molar-refractivity contribution < 1.29 is 47.3 Å². The normalized spacial score (nSPS) is 21.3. The summed E-state index contributed by atoms with van der Waals surface area (Å²) in [7, 11) is -4.73. The number of unbranched alkanes of at least 4 members (excludes halogenated alkanes) is 6. The molecule has 15 nitrogen and oxygen atoms in total. The van der Waals surface area contributed by atoms with E-state index in [9.17, 15) is 28.8 Å². The van der Waals surface area contributed by atoms with Crippen molar-refractivity contribution in [1.82, 2.24) is 24.6 Å². The average Bonchev–Trinajstić information content (AvgIpc) is 3.66. The molecule has 272 valence electrons. The highest BCUT2D eigenvalue weighted by molar-refractivity contribution is 7.51. The number of aliphatic hydroxyl groups is 1. The van der Waals surface area contributed by atoms with Crippen molar-refractivity contribution in [2.45, 2.75) is 102 Å². The summed E-state index contributed by atoms with van der Waals surface area (Å²) < 4.78 is 52.2. The predicted molar refractivity (Wildman–Crippen MR) is 180 cm³/mol. The van der Waals surface area contributed by atoms with Gasteiger partial charge in [-0.15, -0.1) is 6.42 Å². The first-order valence-electron chi connectivity index (χ1n) is 16.5. The van der Waals surface area contributed by atoms with Crippen molar-refractivity contribution in [2.24, 2.45) is 0 Å². The largest absolute Gasteiger partial charge is 0.480 e. The molecule has 50 heavy (non-hydrogen) atoms. The third-order valence-electron chi connectivity index (χ3n) is 8.25. The Morgan fingerprint density at radius 3 is 2.60 bits per heavy atom. The summed E-state index contributed by atoms with van der Waals surface area (Å²) in [6.45, 7) is 2.78. The van der Waals surface area contributed by atoms with Crippen LogP contribution in [0.15, 0.2) is 36.7 Å². The Hall–Kier alpha value is -3.97. The highest BCUT2D eigenvalue weighted by Gasteiger charge is 2.50. The smallest absolute Gasteiger partial charge is 0.407 e. The van der Waals surface area contributed by atoms with Crippen LogP contribution < -0.4 is 10.8 Å². The molecule has 6 atom stereocenters. The fraction of sp³-hybridized carbons (Fsp3) is 0.545. The lowest BCUT2D eigenvalue weighted by Crippen LogP contribution is -2.44. The van der Waals surface area contributed by atoms with Gasteiger partial charge in [0.1, 0.15) is 25.0 Å². The van der Waals surface area contributed by atoms with Gasteiger partial charge in [-0.05, 0) is 25.3 Å². The molecule has 0 spiro atoms. The van der Waals surface area contributed by atoms with Crippen molar-refractivity contribution in [2.75, 3.05) is 18.9 Å². The molecule has 0 unspecified atom stereocenters. The molecule has 3 aromatic rings. The maximum absolute atomic E-state index is 14.3. The molecule has 0 saturated carbocycles. The average molecular weight is 719 g/mol. The molecule has 0 radical (unpaired) electrons.